The molecule has 0 saturated carbocycles. The lowest BCUT2D eigenvalue weighted by molar-refractivity contribution is 0.0907. The Kier molecular flexibility index (Phi) is 5.91. The molecule has 0 bridgehead atoms. The van der Waals surface area contributed by atoms with Crippen LogP contribution in [-0.4, -0.2) is 45.4 Å². The van der Waals surface area contributed by atoms with Crippen LogP contribution in [0.5, 0.6) is 17.2 Å². The molecule has 0 saturated heterocycles. The standard InChI is InChI=1S/C14H21NO5/c1-17-12-7-11(8-13-14(12)20-10-19-13)9-15-3-2-5-18-6-4-16/h7-8,15-16H,2-6,9-10H2,1H3. The first-order valence-corrected chi connectivity index (χ1v) is 6.71. The first-order valence-electron chi connectivity index (χ1n) is 6.71. The molecule has 0 spiro atoms. The Hall–Kier alpha value is -1.50. The van der Waals surface area contributed by atoms with E-state index >= 15 is 0 Å². The highest BCUT2D eigenvalue weighted by molar-refractivity contribution is 5.55. The Bertz CT molecular complexity index is 424. The predicted molar refractivity (Wildman–Crippen MR) is 73.3 cm³/mol. The zero-order valence-corrected chi connectivity index (χ0v) is 11.7. The molecule has 1 heterocycles. The van der Waals surface area contributed by atoms with E-state index in [2.05, 4.69) is 5.32 Å². The number of hydrogen-bond donors (Lipinski definition) is 2. The van der Waals surface area contributed by atoms with Crippen LogP contribution in [-0.2, 0) is 11.3 Å². The maximum absolute atomic E-state index is 8.57. The first kappa shape index (κ1) is 14.9. The number of nitrogens with one attached hydrogen (secondary N) is 1. The van der Waals surface area contributed by atoms with Crippen LogP contribution in [0.2, 0.25) is 0 Å². The predicted octanol–water partition coefficient (Wildman–Crippen LogP) is 0.912. The Morgan fingerprint density at radius 3 is 3.00 bits per heavy atom. The molecule has 2 N–H and O–H groups in total. The monoisotopic (exact) mass is 283 g/mol. The van der Waals surface area contributed by atoms with Gasteiger partial charge in [-0.05, 0) is 30.7 Å². The van der Waals surface area contributed by atoms with Gasteiger partial charge in [-0.25, -0.2) is 0 Å². The smallest absolute Gasteiger partial charge is 0.231 e. The van der Waals surface area contributed by atoms with Crippen molar-refractivity contribution in [2.45, 2.75) is 13.0 Å². The van der Waals surface area contributed by atoms with Gasteiger partial charge in [0.15, 0.2) is 11.5 Å². The van der Waals surface area contributed by atoms with Gasteiger partial charge in [0.25, 0.3) is 0 Å². The van der Waals surface area contributed by atoms with Gasteiger partial charge in [-0.3, -0.25) is 0 Å². The van der Waals surface area contributed by atoms with E-state index in [4.69, 9.17) is 24.1 Å². The number of methoxy groups -OCH3 is 1. The summed E-state index contributed by atoms with van der Waals surface area (Å²) in [6, 6.07) is 3.91. The molecule has 6 heteroatoms. The highest BCUT2D eigenvalue weighted by Crippen LogP contribution is 2.41. The summed E-state index contributed by atoms with van der Waals surface area (Å²) in [5, 5.41) is 11.9. The summed E-state index contributed by atoms with van der Waals surface area (Å²) in [6.45, 7) is 2.95. The molecule has 1 aliphatic rings. The number of fused-ring (bicyclic) bond motifs is 1. The maximum Gasteiger partial charge on any atom is 0.231 e. The lowest BCUT2D eigenvalue weighted by Crippen LogP contribution is -2.16. The number of rotatable bonds is 9. The summed E-state index contributed by atoms with van der Waals surface area (Å²) in [5.41, 5.74) is 1.09. The number of benzene rings is 1. The largest absolute Gasteiger partial charge is 0.493 e. The van der Waals surface area contributed by atoms with Crippen LogP contribution in [0, 0.1) is 0 Å². The summed E-state index contributed by atoms with van der Waals surface area (Å²) in [5.74, 6) is 2.10. The van der Waals surface area contributed by atoms with Crippen molar-refractivity contribution in [2.24, 2.45) is 0 Å². The number of aliphatic hydroxyl groups is 1. The zero-order valence-electron chi connectivity index (χ0n) is 11.7. The fourth-order valence-electron chi connectivity index (χ4n) is 1.98. The van der Waals surface area contributed by atoms with Gasteiger partial charge in [0.2, 0.25) is 12.5 Å². The van der Waals surface area contributed by atoms with E-state index in [1.54, 1.807) is 7.11 Å². The molecule has 1 aromatic rings. The molecule has 6 nitrogen and oxygen atoms in total. The van der Waals surface area contributed by atoms with Crippen LogP contribution < -0.4 is 19.5 Å². The van der Waals surface area contributed by atoms with E-state index in [1.165, 1.54) is 0 Å². The second-order valence-corrected chi connectivity index (χ2v) is 4.40. The fourth-order valence-corrected chi connectivity index (χ4v) is 1.98. The van der Waals surface area contributed by atoms with E-state index in [-0.39, 0.29) is 13.4 Å². The van der Waals surface area contributed by atoms with Crippen LogP contribution in [0.4, 0.5) is 0 Å². The molecule has 0 fully saturated rings. The molecule has 1 aromatic carbocycles. The van der Waals surface area contributed by atoms with Gasteiger partial charge >= 0.3 is 0 Å². The molecule has 0 aromatic heterocycles. The van der Waals surface area contributed by atoms with Gasteiger partial charge in [-0.2, -0.15) is 0 Å². The third kappa shape index (κ3) is 4.00. The average molecular weight is 283 g/mol. The van der Waals surface area contributed by atoms with E-state index in [9.17, 15) is 0 Å². The molecule has 20 heavy (non-hydrogen) atoms. The summed E-state index contributed by atoms with van der Waals surface area (Å²) < 4.78 is 21.2. The van der Waals surface area contributed by atoms with Crippen molar-refractivity contribution in [3.05, 3.63) is 17.7 Å². The van der Waals surface area contributed by atoms with Crippen LogP contribution >= 0.6 is 0 Å². The minimum absolute atomic E-state index is 0.0738. The normalized spacial score (nSPS) is 12.7. The molecule has 0 radical (unpaired) electrons. The Morgan fingerprint density at radius 1 is 1.30 bits per heavy atom. The minimum Gasteiger partial charge on any atom is -0.493 e. The lowest BCUT2D eigenvalue weighted by atomic mass is 10.2. The second kappa shape index (κ2) is 7.94. The van der Waals surface area contributed by atoms with Crippen molar-refractivity contribution in [1.82, 2.24) is 5.32 Å². The number of ether oxygens (including phenoxy) is 4. The molecular formula is C14H21NO5. The van der Waals surface area contributed by atoms with Gasteiger partial charge < -0.3 is 29.4 Å². The molecule has 2 rings (SSSR count). The first-order chi connectivity index (χ1) is 9.85. The van der Waals surface area contributed by atoms with Crippen molar-refractivity contribution < 1.29 is 24.1 Å². The third-order valence-corrected chi connectivity index (χ3v) is 2.93. The highest BCUT2D eigenvalue weighted by Gasteiger charge is 2.19. The highest BCUT2D eigenvalue weighted by atomic mass is 16.7. The Labute approximate surface area is 118 Å². The molecule has 0 atom stereocenters. The average Bonchev–Trinajstić information content (AvgIpc) is 2.93. The summed E-state index contributed by atoms with van der Waals surface area (Å²) in [6.07, 6.45) is 0.904. The van der Waals surface area contributed by atoms with Crippen LogP contribution in [0.25, 0.3) is 0 Å². The van der Waals surface area contributed by atoms with Crippen LogP contribution in [0.1, 0.15) is 12.0 Å². The molecule has 0 aliphatic carbocycles. The molecular weight excluding hydrogens is 262 g/mol. The van der Waals surface area contributed by atoms with Crippen molar-refractivity contribution in [3.63, 3.8) is 0 Å². The number of hydrogen-bond acceptors (Lipinski definition) is 6. The van der Waals surface area contributed by atoms with Crippen LogP contribution in [0.15, 0.2) is 12.1 Å². The third-order valence-electron chi connectivity index (χ3n) is 2.93. The Morgan fingerprint density at radius 2 is 2.20 bits per heavy atom. The molecule has 1 aliphatic heterocycles. The minimum atomic E-state index is 0.0738. The van der Waals surface area contributed by atoms with Gasteiger partial charge in [-0.1, -0.05) is 0 Å². The Balaban J connectivity index is 1.76. The zero-order chi connectivity index (χ0) is 14.2. The number of aliphatic hydroxyl groups excluding tert-OH is 1. The fraction of sp³-hybridized carbons (Fsp3) is 0.571. The quantitative estimate of drug-likeness (QED) is 0.657. The summed E-state index contributed by atoms with van der Waals surface area (Å²) in [7, 11) is 1.62. The van der Waals surface area contributed by atoms with Crippen molar-refractivity contribution in [3.8, 4) is 17.2 Å². The van der Waals surface area contributed by atoms with Gasteiger partial charge in [0.1, 0.15) is 0 Å². The van der Waals surface area contributed by atoms with E-state index in [0.717, 1.165) is 30.8 Å². The summed E-state index contributed by atoms with van der Waals surface area (Å²) >= 11 is 0. The maximum atomic E-state index is 8.57. The van der Waals surface area contributed by atoms with Crippen molar-refractivity contribution in [2.75, 3.05) is 40.3 Å². The second-order valence-electron chi connectivity index (χ2n) is 4.40. The van der Waals surface area contributed by atoms with Gasteiger partial charge in [0, 0.05) is 13.2 Å². The van der Waals surface area contributed by atoms with Crippen LogP contribution in [0.3, 0.4) is 0 Å². The van der Waals surface area contributed by atoms with E-state index in [0.29, 0.717) is 24.7 Å². The van der Waals surface area contributed by atoms with Crippen molar-refractivity contribution >= 4 is 0 Å². The van der Waals surface area contributed by atoms with Gasteiger partial charge in [0.05, 0.1) is 20.3 Å². The molecule has 0 amide bonds. The van der Waals surface area contributed by atoms with Gasteiger partial charge in [-0.15, -0.1) is 0 Å². The SMILES string of the molecule is COc1cc(CNCCCOCCO)cc2c1OCO2. The van der Waals surface area contributed by atoms with E-state index in [1.807, 2.05) is 12.1 Å². The molecule has 0 unspecified atom stereocenters. The van der Waals surface area contributed by atoms with Crippen molar-refractivity contribution in [1.29, 1.82) is 0 Å². The summed E-state index contributed by atoms with van der Waals surface area (Å²) in [4.78, 5) is 0. The topological polar surface area (TPSA) is 69.2 Å². The van der Waals surface area contributed by atoms with E-state index < -0.39 is 0 Å². The molecule has 112 valence electrons. The lowest BCUT2D eigenvalue weighted by Gasteiger charge is -2.09.